The van der Waals surface area contributed by atoms with Gasteiger partial charge in [-0.3, -0.25) is 14.1 Å². The summed E-state index contributed by atoms with van der Waals surface area (Å²) in [5.74, 6) is 0. The van der Waals surface area contributed by atoms with Crippen molar-refractivity contribution in [1.29, 1.82) is 0 Å². The number of halogens is 1. The lowest BCUT2D eigenvalue weighted by Crippen LogP contribution is -2.46. The van der Waals surface area contributed by atoms with Crippen LogP contribution in [0.1, 0.15) is 5.69 Å². The van der Waals surface area contributed by atoms with Gasteiger partial charge in [-0.25, -0.2) is 4.98 Å². The molecule has 0 amide bonds. The number of benzene rings is 1. The predicted octanol–water partition coefficient (Wildman–Crippen LogP) is 2.78. The first-order valence-corrected chi connectivity index (χ1v) is 9.18. The van der Waals surface area contributed by atoms with Crippen LogP contribution < -0.4 is 10.5 Å². The van der Waals surface area contributed by atoms with Crippen LogP contribution in [0.4, 0.5) is 5.69 Å². The average Bonchev–Trinajstić information content (AvgIpc) is 2.64. The highest BCUT2D eigenvalue weighted by Crippen LogP contribution is 2.16. The van der Waals surface area contributed by atoms with Crippen molar-refractivity contribution in [2.24, 2.45) is 0 Å². The number of nitrogens with zero attached hydrogens (tertiary/aromatic N) is 4. The molecule has 0 radical (unpaired) electrons. The lowest BCUT2D eigenvalue weighted by atomic mass is 10.2. The molecule has 25 heavy (non-hydrogen) atoms. The van der Waals surface area contributed by atoms with Crippen molar-refractivity contribution in [2.45, 2.75) is 6.54 Å². The molecule has 3 heterocycles. The molecule has 1 aliphatic rings. The third kappa shape index (κ3) is 3.60. The van der Waals surface area contributed by atoms with Crippen LogP contribution >= 0.6 is 15.9 Å². The molecule has 0 N–H and O–H groups in total. The quantitative estimate of drug-likeness (QED) is 0.679. The fourth-order valence-electron chi connectivity index (χ4n) is 3.24. The largest absolute Gasteiger partial charge is 0.369 e. The molecule has 0 unspecified atom stereocenters. The molecule has 5 nitrogen and oxygen atoms in total. The Labute approximate surface area is 154 Å². The normalized spacial score (nSPS) is 15.6. The Morgan fingerprint density at radius 2 is 1.76 bits per heavy atom. The summed E-state index contributed by atoms with van der Waals surface area (Å²) in [6.07, 6.45) is 1.76. The van der Waals surface area contributed by atoms with Gasteiger partial charge in [0, 0.05) is 55.1 Å². The van der Waals surface area contributed by atoms with Crippen molar-refractivity contribution in [3.63, 3.8) is 0 Å². The molecule has 0 spiro atoms. The van der Waals surface area contributed by atoms with Gasteiger partial charge < -0.3 is 4.90 Å². The maximum absolute atomic E-state index is 12.3. The lowest BCUT2D eigenvalue weighted by molar-refractivity contribution is 0.247. The molecule has 1 fully saturated rings. The first kappa shape index (κ1) is 16.3. The lowest BCUT2D eigenvalue weighted by Gasteiger charge is -2.35. The fourth-order valence-corrected chi connectivity index (χ4v) is 3.58. The Hall–Kier alpha value is -2.18. The molecule has 1 saturated heterocycles. The molecule has 128 valence electrons. The fraction of sp³-hybridized carbons (Fsp3) is 0.263. The van der Waals surface area contributed by atoms with Crippen molar-refractivity contribution in [3.05, 3.63) is 75.2 Å². The molecule has 1 aliphatic heterocycles. The number of pyridine rings is 1. The molecular formula is C19H19BrN4O. The predicted molar refractivity (Wildman–Crippen MR) is 103 cm³/mol. The second-order valence-corrected chi connectivity index (χ2v) is 7.18. The van der Waals surface area contributed by atoms with Gasteiger partial charge in [0.2, 0.25) is 0 Å². The minimum Gasteiger partial charge on any atom is -0.369 e. The van der Waals surface area contributed by atoms with Crippen LogP contribution in [0.5, 0.6) is 0 Å². The molecule has 3 aromatic rings. The van der Waals surface area contributed by atoms with E-state index < -0.39 is 0 Å². The first-order chi connectivity index (χ1) is 12.2. The smallest absolute Gasteiger partial charge is 0.258 e. The van der Waals surface area contributed by atoms with Gasteiger partial charge in [-0.2, -0.15) is 0 Å². The van der Waals surface area contributed by atoms with Crippen LogP contribution in [0.2, 0.25) is 0 Å². The zero-order valence-corrected chi connectivity index (χ0v) is 15.4. The van der Waals surface area contributed by atoms with Gasteiger partial charge in [0.1, 0.15) is 5.65 Å². The van der Waals surface area contributed by atoms with Gasteiger partial charge in [0.05, 0.1) is 5.69 Å². The highest BCUT2D eigenvalue weighted by atomic mass is 79.9. The summed E-state index contributed by atoms with van der Waals surface area (Å²) in [5, 5.41) is 0. The number of hydrogen-bond donors (Lipinski definition) is 0. The summed E-state index contributed by atoms with van der Waals surface area (Å²) in [7, 11) is 0. The van der Waals surface area contributed by atoms with E-state index in [1.807, 2.05) is 18.2 Å². The Kier molecular flexibility index (Phi) is 4.55. The van der Waals surface area contributed by atoms with Crippen molar-refractivity contribution in [1.82, 2.24) is 14.3 Å². The summed E-state index contributed by atoms with van der Waals surface area (Å²) in [5.41, 5.74) is 2.76. The van der Waals surface area contributed by atoms with E-state index in [1.54, 1.807) is 16.7 Å². The molecule has 4 rings (SSSR count). The van der Waals surface area contributed by atoms with E-state index in [-0.39, 0.29) is 5.56 Å². The summed E-state index contributed by atoms with van der Waals surface area (Å²) in [4.78, 5) is 21.7. The van der Waals surface area contributed by atoms with E-state index in [1.165, 1.54) is 5.69 Å². The van der Waals surface area contributed by atoms with E-state index in [4.69, 9.17) is 0 Å². The summed E-state index contributed by atoms with van der Waals surface area (Å²) < 4.78 is 2.44. The zero-order valence-electron chi connectivity index (χ0n) is 13.8. The maximum Gasteiger partial charge on any atom is 0.258 e. The highest BCUT2D eigenvalue weighted by Gasteiger charge is 2.18. The van der Waals surface area contributed by atoms with Gasteiger partial charge in [-0.15, -0.1) is 0 Å². The van der Waals surface area contributed by atoms with Crippen molar-refractivity contribution >= 4 is 27.3 Å². The van der Waals surface area contributed by atoms with Gasteiger partial charge in [0.25, 0.3) is 5.56 Å². The van der Waals surface area contributed by atoms with Crippen LogP contribution in [0.15, 0.2) is 64.0 Å². The van der Waals surface area contributed by atoms with Crippen molar-refractivity contribution < 1.29 is 0 Å². The number of rotatable bonds is 3. The van der Waals surface area contributed by atoms with Gasteiger partial charge in [0.15, 0.2) is 0 Å². The second-order valence-electron chi connectivity index (χ2n) is 6.26. The van der Waals surface area contributed by atoms with Crippen LogP contribution in [0.25, 0.3) is 5.65 Å². The van der Waals surface area contributed by atoms with Crippen LogP contribution in [0.3, 0.4) is 0 Å². The molecule has 0 aliphatic carbocycles. The minimum atomic E-state index is -0.0378. The third-order valence-corrected chi connectivity index (χ3v) is 5.02. The Balaban J connectivity index is 1.46. The average molecular weight is 399 g/mol. The summed E-state index contributed by atoms with van der Waals surface area (Å²) in [6, 6.07) is 15.9. The standard InChI is InChI=1S/C19H19BrN4O/c20-15-6-7-18-21-16(12-19(25)24(18)13-15)14-22-8-10-23(11-9-22)17-4-2-1-3-5-17/h1-7,12-13H,8-11,14H2. The number of piperazine rings is 1. The monoisotopic (exact) mass is 398 g/mol. The Bertz CT molecular complexity index is 933. The number of para-hydroxylation sites is 1. The third-order valence-electron chi connectivity index (χ3n) is 4.56. The molecule has 2 aromatic heterocycles. The van der Waals surface area contributed by atoms with E-state index in [2.05, 4.69) is 55.0 Å². The molecule has 0 bridgehead atoms. The Morgan fingerprint density at radius 1 is 1.00 bits per heavy atom. The molecule has 1 aromatic carbocycles. The van der Waals surface area contributed by atoms with E-state index in [0.29, 0.717) is 12.2 Å². The molecule has 6 heteroatoms. The zero-order chi connectivity index (χ0) is 17.2. The van der Waals surface area contributed by atoms with Crippen LogP contribution in [-0.4, -0.2) is 40.5 Å². The van der Waals surface area contributed by atoms with Crippen LogP contribution in [-0.2, 0) is 6.54 Å². The van der Waals surface area contributed by atoms with Gasteiger partial charge >= 0.3 is 0 Å². The van der Waals surface area contributed by atoms with Gasteiger partial charge in [-0.05, 0) is 40.2 Å². The van der Waals surface area contributed by atoms with Crippen molar-refractivity contribution in [2.75, 3.05) is 31.1 Å². The highest BCUT2D eigenvalue weighted by molar-refractivity contribution is 9.10. The Morgan fingerprint density at radius 3 is 2.52 bits per heavy atom. The van der Waals surface area contributed by atoms with Crippen LogP contribution in [0, 0.1) is 0 Å². The topological polar surface area (TPSA) is 40.9 Å². The number of aromatic nitrogens is 2. The number of hydrogen-bond acceptors (Lipinski definition) is 4. The maximum atomic E-state index is 12.3. The van der Waals surface area contributed by atoms with Gasteiger partial charge in [-0.1, -0.05) is 18.2 Å². The van der Waals surface area contributed by atoms with E-state index in [9.17, 15) is 4.79 Å². The SMILES string of the molecule is O=c1cc(CN2CCN(c3ccccc3)CC2)nc2ccc(Br)cn12. The first-order valence-electron chi connectivity index (χ1n) is 8.39. The number of fused-ring (bicyclic) bond motifs is 1. The summed E-state index contributed by atoms with van der Waals surface area (Å²) in [6.45, 7) is 4.63. The minimum absolute atomic E-state index is 0.0378. The molecular weight excluding hydrogens is 380 g/mol. The van der Waals surface area contributed by atoms with E-state index in [0.717, 1.165) is 36.3 Å². The summed E-state index contributed by atoms with van der Waals surface area (Å²) >= 11 is 3.39. The number of anilines is 1. The van der Waals surface area contributed by atoms with E-state index >= 15 is 0 Å². The molecule has 0 atom stereocenters. The molecule has 0 saturated carbocycles. The second kappa shape index (κ2) is 6.98. The van der Waals surface area contributed by atoms with Crippen molar-refractivity contribution in [3.8, 4) is 0 Å².